The van der Waals surface area contributed by atoms with E-state index in [9.17, 15) is 14.4 Å². The van der Waals surface area contributed by atoms with Crippen molar-refractivity contribution in [2.45, 2.75) is 33.7 Å². The van der Waals surface area contributed by atoms with Gasteiger partial charge in [0.2, 0.25) is 5.91 Å². The standard InChI is InChI=1S/C13H25N3O4/c1-9(2)6-14-11(17)7-15(5)13(20)16(10(3)4)8-12(18)19/h9-10H,6-8H2,1-5H3,(H,14,17)(H,18,19). The number of aliphatic carboxylic acids is 1. The first-order valence-electron chi connectivity index (χ1n) is 6.65. The summed E-state index contributed by atoms with van der Waals surface area (Å²) in [6.07, 6.45) is 0. The summed E-state index contributed by atoms with van der Waals surface area (Å²) in [5.74, 6) is -1.00. The van der Waals surface area contributed by atoms with Gasteiger partial charge in [0.15, 0.2) is 0 Å². The molecule has 0 aromatic carbocycles. The molecule has 7 heteroatoms. The van der Waals surface area contributed by atoms with Crippen molar-refractivity contribution < 1.29 is 19.5 Å². The van der Waals surface area contributed by atoms with Gasteiger partial charge in [0.1, 0.15) is 13.1 Å². The number of carbonyl (C=O) groups excluding carboxylic acids is 2. The van der Waals surface area contributed by atoms with Crippen LogP contribution < -0.4 is 5.32 Å². The maximum atomic E-state index is 12.1. The Morgan fingerprint density at radius 1 is 1.10 bits per heavy atom. The van der Waals surface area contributed by atoms with Crippen molar-refractivity contribution in [2.75, 3.05) is 26.7 Å². The summed E-state index contributed by atoms with van der Waals surface area (Å²) < 4.78 is 0. The van der Waals surface area contributed by atoms with Crippen molar-refractivity contribution in [1.82, 2.24) is 15.1 Å². The van der Waals surface area contributed by atoms with Gasteiger partial charge in [0, 0.05) is 19.6 Å². The fourth-order valence-corrected chi connectivity index (χ4v) is 1.49. The summed E-state index contributed by atoms with van der Waals surface area (Å²) in [6, 6.07) is -0.720. The quantitative estimate of drug-likeness (QED) is 0.717. The number of hydrogen-bond donors (Lipinski definition) is 2. The maximum absolute atomic E-state index is 12.1. The molecule has 0 atom stereocenters. The molecule has 0 aromatic rings. The number of urea groups is 1. The molecule has 0 aromatic heterocycles. The highest BCUT2D eigenvalue weighted by molar-refractivity contribution is 5.85. The van der Waals surface area contributed by atoms with Gasteiger partial charge in [-0.25, -0.2) is 4.79 Å². The number of nitrogens with one attached hydrogen (secondary N) is 1. The highest BCUT2D eigenvalue weighted by Gasteiger charge is 2.24. The third-order valence-corrected chi connectivity index (χ3v) is 2.59. The number of amides is 3. The molecule has 116 valence electrons. The number of rotatable bonds is 7. The zero-order valence-electron chi connectivity index (χ0n) is 12.8. The van der Waals surface area contributed by atoms with Crippen LogP contribution in [0.2, 0.25) is 0 Å². The van der Waals surface area contributed by atoms with E-state index in [0.717, 1.165) is 0 Å². The molecule has 0 bridgehead atoms. The molecule has 0 aliphatic rings. The Labute approximate surface area is 119 Å². The molecule has 0 aliphatic carbocycles. The fraction of sp³-hybridized carbons (Fsp3) is 0.769. The molecule has 0 radical (unpaired) electrons. The second kappa shape index (κ2) is 8.39. The maximum Gasteiger partial charge on any atom is 0.323 e. The largest absolute Gasteiger partial charge is 0.480 e. The fourth-order valence-electron chi connectivity index (χ4n) is 1.49. The number of carboxylic acid groups (broad SMARTS) is 1. The molecule has 0 aliphatic heterocycles. The van der Waals surface area contributed by atoms with E-state index in [1.807, 2.05) is 13.8 Å². The van der Waals surface area contributed by atoms with Crippen LogP contribution in [0.4, 0.5) is 4.79 Å². The predicted octanol–water partition coefficient (Wildman–Crippen LogP) is 0.605. The first-order valence-corrected chi connectivity index (χ1v) is 6.65. The minimum Gasteiger partial charge on any atom is -0.480 e. The minimum atomic E-state index is -1.08. The van der Waals surface area contributed by atoms with Gasteiger partial charge in [0.25, 0.3) is 0 Å². The monoisotopic (exact) mass is 287 g/mol. The predicted molar refractivity (Wildman–Crippen MR) is 75.4 cm³/mol. The summed E-state index contributed by atoms with van der Waals surface area (Å²) >= 11 is 0. The first kappa shape index (κ1) is 18.2. The van der Waals surface area contributed by atoms with Gasteiger partial charge >= 0.3 is 12.0 Å². The molecular weight excluding hydrogens is 262 g/mol. The van der Waals surface area contributed by atoms with E-state index in [2.05, 4.69) is 5.32 Å². The van der Waals surface area contributed by atoms with Crippen LogP contribution in [-0.2, 0) is 9.59 Å². The molecule has 0 fully saturated rings. The van der Waals surface area contributed by atoms with Gasteiger partial charge < -0.3 is 20.2 Å². The molecule has 0 rings (SSSR count). The zero-order chi connectivity index (χ0) is 15.9. The van der Waals surface area contributed by atoms with E-state index in [0.29, 0.717) is 12.5 Å². The van der Waals surface area contributed by atoms with E-state index in [1.54, 1.807) is 13.8 Å². The molecular formula is C13H25N3O4. The van der Waals surface area contributed by atoms with Crippen LogP contribution in [0.25, 0.3) is 0 Å². The smallest absolute Gasteiger partial charge is 0.323 e. The lowest BCUT2D eigenvalue weighted by Gasteiger charge is -2.29. The highest BCUT2D eigenvalue weighted by atomic mass is 16.4. The summed E-state index contributed by atoms with van der Waals surface area (Å²) in [6.45, 7) is 7.48. The van der Waals surface area contributed by atoms with Crippen LogP contribution in [0.15, 0.2) is 0 Å². The molecule has 3 amide bonds. The molecule has 2 N–H and O–H groups in total. The van der Waals surface area contributed by atoms with E-state index >= 15 is 0 Å². The molecule has 0 heterocycles. The molecule has 0 unspecified atom stereocenters. The third kappa shape index (κ3) is 6.96. The Morgan fingerprint density at radius 3 is 2.05 bits per heavy atom. The average Bonchev–Trinajstić information content (AvgIpc) is 2.31. The van der Waals surface area contributed by atoms with Crippen molar-refractivity contribution in [3.63, 3.8) is 0 Å². The lowest BCUT2D eigenvalue weighted by atomic mass is 10.2. The lowest BCUT2D eigenvalue weighted by molar-refractivity contribution is -0.138. The van der Waals surface area contributed by atoms with E-state index in [1.165, 1.54) is 16.8 Å². The van der Waals surface area contributed by atoms with E-state index < -0.39 is 12.0 Å². The average molecular weight is 287 g/mol. The van der Waals surface area contributed by atoms with Crippen LogP contribution in [0.5, 0.6) is 0 Å². The van der Waals surface area contributed by atoms with Crippen LogP contribution in [0.1, 0.15) is 27.7 Å². The van der Waals surface area contributed by atoms with Crippen molar-refractivity contribution >= 4 is 17.9 Å². The van der Waals surface area contributed by atoms with E-state index in [4.69, 9.17) is 5.11 Å². The summed E-state index contributed by atoms with van der Waals surface area (Å²) in [5.41, 5.74) is 0. The second-order valence-electron chi connectivity index (χ2n) is 5.45. The molecule has 7 nitrogen and oxygen atoms in total. The Bertz CT molecular complexity index is 356. The van der Waals surface area contributed by atoms with Crippen molar-refractivity contribution in [3.05, 3.63) is 0 Å². The van der Waals surface area contributed by atoms with Gasteiger partial charge in [-0.05, 0) is 19.8 Å². The summed E-state index contributed by atoms with van der Waals surface area (Å²) in [4.78, 5) is 36.9. The van der Waals surface area contributed by atoms with Crippen LogP contribution in [-0.4, -0.2) is 65.5 Å². The number of carboxylic acids is 1. The Kier molecular flexibility index (Phi) is 7.64. The van der Waals surface area contributed by atoms with Crippen molar-refractivity contribution in [2.24, 2.45) is 5.92 Å². The van der Waals surface area contributed by atoms with Crippen molar-refractivity contribution in [3.8, 4) is 0 Å². The van der Waals surface area contributed by atoms with Gasteiger partial charge in [-0.1, -0.05) is 13.8 Å². The van der Waals surface area contributed by atoms with Gasteiger partial charge in [0.05, 0.1) is 0 Å². The SMILES string of the molecule is CC(C)CNC(=O)CN(C)C(=O)N(CC(=O)O)C(C)C. The molecule has 0 saturated carbocycles. The lowest BCUT2D eigenvalue weighted by Crippen LogP contribution is -2.49. The van der Waals surface area contributed by atoms with Crippen LogP contribution >= 0.6 is 0 Å². The Balaban J connectivity index is 4.50. The molecule has 0 spiro atoms. The molecule has 20 heavy (non-hydrogen) atoms. The van der Waals surface area contributed by atoms with Gasteiger partial charge in [-0.15, -0.1) is 0 Å². The van der Waals surface area contributed by atoms with Crippen molar-refractivity contribution in [1.29, 1.82) is 0 Å². The number of nitrogens with zero attached hydrogens (tertiary/aromatic N) is 2. The second-order valence-corrected chi connectivity index (χ2v) is 5.45. The van der Waals surface area contributed by atoms with Gasteiger partial charge in [-0.2, -0.15) is 0 Å². The van der Waals surface area contributed by atoms with Gasteiger partial charge in [-0.3, -0.25) is 9.59 Å². The summed E-state index contributed by atoms with van der Waals surface area (Å²) in [5, 5.41) is 11.5. The molecule has 0 saturated heterocycles. The topological polar surface area (TPSA) is 90.0 Å². The Hall–Kier alpha value is -1.79. The Morgan fingerprint density at radius 2 is 1.65 bits per heavy atom. The minimum absolute atomic E-state index is 0.0889. The first-order chi connectivity index (χ1) is 9.15. The zero-order valence-corrected chi connectivity index (χ0v) is 12.8. The normalized spacial score (nSPS) is 10.6. The van der Waals surface area contributed by atoms with Crippen LogP contribution in [0.3, 0.4) is 0 Å². The number of carbonyl (C=O) groups is 3. The highest BCUT2D eigenvalue weighted by Crippen LogP contribution is 2.03. The summed E-state index contributed by atoms with van der Waals surface area (Å²) in [7, 11) is 1.48. The third-order valence-electron chi connectivity index (χ3n) is 2.59. The number of hydrogen-bond acceptors (Lipinski definition) is 3. The van der Waals surface area contributed by atoms with E-state index in [-0.39, 0.29) is 25.0 Å². The number of likely N-dealkylation sites (N-methyl/N-ethyl adjacent to an activating group) is 1. The van der Waals surface area contributed by atoms with Crippen LogP contribution in [0, 0.1) is 5.92 Å².